The first-order valence-electron chi connectivity index (χ1n) is 9.13. The molecule has 1 fully saturated rings. The standard InChI is InChI=1S/C16H29NO5.C2H6.Tl/c1-12(8-15(19)21-4)9-16(2,3)10-14(18)17-7-5-6-13(17)11-22-20;1-2;/h12-13,20H,5-11H2,1-4H3;1-2H3;/q;;+1/p-1. The van der Waals surface area contributed by atoms with Crippen molar-refractivity contribution in [3.05, 3.63) is 0 Å². The third-order valence-electron chi connectivity index (χ3n) is 4.30. The summed E-state index contributed by atoms with van der Waals surface area (Å²) < 4.78 is 9.53. The molecular weight excluding hydrogens is 515 g/mol. The van der Waals surface area contributed by atoms with Crippen molar-refractivity contribution in [2.75, 3.05) is 20.3 Å². The monoisotopic (exact) mass is 549 g/mol. The molecule has 0 radical (unpaired) electrons. The zero-order valence-corrected chi connectivity index (χ0v) is 21.2. The van der Waals surface area contributed by atoms with E-state index < -0.39 is 0 Å². The van der Waals surface area contributed by atoms with Gasteiger partial charge < -0.3 is 4.74 Å². The number of rotatable bonds is 9. The van der Waals surface area contributed by atoms with E-state index in [1.54, 1.807) is 0 Å². The number of hydrogen-bond acceptors (Lipinski definition) is 5. The number of carbonyl (C=O) groups excluding carboxylic acids is 2. The van der Waals surface area contributed by atoms with E-state index in [1.165, 1.54) is 7.11 Å². The summed E-state index contributed by atoms with van der Waals surface area (Å²) >= 11 is 0.348. The molecular formula is C18H34NO5Tl. The van der Waals surface area contributed by atoms with Crippen molar-refractivity contribution in [1.29, 1.82) is 0 Å². The van der Waals surface area contributed by atoms with E-state index in [1.807, 2.05) is 25.7 Å². The first-order valence-corrected chi connectivity index (χ1v) is 11.0. The number of hydrogen-bond donors (Lipinski definition) is 0. The van der Waals surface area contributed by atoms with E-state index in [9.17, 15) is 9.59 Å². The molecule has 0 bridgehead atoms. The molecule has 1 aliphatic rings. The van der Waals surface area contributed by atoms with Crippen LogP contribution in [0.5, 0.6) is 0 Å². The summed E-state index contributed by atoms with van der Waals surface area (Å²) in [5, 5.41) is 0. The quantitative estimate of drug-likeness (QED) is 0.192. The van der Waals surface area contributed by atoms with Crippen LogP contribution in [0.15, 0.2) is 0 Å². The average molecular weight is 549 g/mol. The molecule has 0 aromatic carbocycles. The topological polar surface area (TPSA) is 65.1 Å². The van der Waals surface area contributed by atoms with Crippen LogP contribution in [0.1, 0.15) is 66.7 Å². The Balaban J connectivity index is 0.00000277. The summed E-state index contributed by atoms with van der Waals surface area (Å²) in [6, 6.07) is 0.129. The van der Waals surface area contributed by atoms with Crippen LogP contribution in [0, 0.1) is 11.3 Å². The zero-order chi connectivity index (χ0) is 19.5. The second-order valence-electron chi connectivity index (χ2n) is 7.19. The van der Waals surface area contributed by atoms with Crippen molar-refractivity contribution in [3.8, 4) is 0 Å². The Labute approximate surface area is 169 Å². The van der Waals surface area contributed by atoms with Crippen molar-refractivity contribution < 1.29 is 22.1 Å². The van der Waals surface area contributed by atoms with E-state index in [0.29, 0.717) is 45.7 Å². The van der Waals surface area contributed by atoms with Gasteiger partial charge in [-0.25, -0.2) is 0 Å². The van der Waals surface area contributed by atoms with E-state index in [2.05, 4.69) is 13.8 Å². The van der Waals surface area contributed by atoms with E-state index in [0.717, 1.165) is 25.8 Å². The second-order valence-corrected chi connectivity index (χ2v) is 7.94. The van der Waals surface area contributed by atoms with Gasteiger partial charge in [-0.2, -0.15) is 0 Å². The first kappa shape index (κ1) is 24.8. The molecule has 144 valence electrons. The first-order chi connectivity index (χ1) is 11.8. The molecule has 1 heterocycles. The van der Waals surface area contributed by atoms with Gasteiger partial charge in [0.2, 0.25) is 0 Å². The summed E-state index contributed by atoms with van der Waals surface area (Å²) in [4.78, 5) is 31.0. The molecule has 2 atom stereocenters. The SMILES string of the molecule is CC.COC(=O)CC(C)CC(C)(C)CC(=O)N1CCCC1CO[O][Tl]. The van der Waals surface area contributed by atoms with Gasteiger partial charge in [-0.15, -0.1) is 0 Å². The van der Waals surface area contributed by atoms with Crippen molar-refractivity contribution in [1.82, 2.24) is 4.90 Å². The van der Waals surface area contributed by atoms with Crippen molar-refractivity contribution in [2.45, 2.75) is 72.8 Å². The van der Waals surface area contributed by atoms with Crippen LogP contribution < -0.4 is 0 Å². The summed E-state index contributed by atoms with van der Waals surface area (Å²) in [5.74, 6) is 0.171. The van der Waals surface area contributed by atoms with E-state index in [4.69, 9.17) is 12.5 Å². The molecule has 2 unspecified atom stereocenters. The molecule has 0 aromatic heterocycles. The van der Waals surface area contributed by atoms with Crippen molar-refractivity contribution in [3.63, 3.8) is 0 Å². The van der Waals surface area contributed by atoms with Gasteiger partial charge in [0.15, 0.2) is 0 Å². The van der Waals surface area contributed by atoms with Crippen LogP contribution in [0.4, 0.5) is 0 Å². The molecule has 0 aliphatic carbocycles. The van der Waals surface area contributed by atoms with Crippen LogP contribution in [-0.2, 0) is 22.1 Å². The van der Waals surface area contributed by atoms with E-state index in [-0.39, 0.29) is 29.3 Å². The normalized spacial score (nSPS) is 18.3. The van der Waals surface area contributed by atoms with Gasteiger partial charge in [-0.05, 0) is 0 Å². The van der Waals surface area contributed by atoms with Crippen molar-refractivity contribution >= 4 is 38.1 Å². The summed E-state index contributed by atoms with van der Waals surface area (Å²) in [6.07, 6.45) is 3.68. The van der Waals surface area contributed by atoms with Gasteiger partial charge >= 0.3 is 139 Å². The Kier molecular flexibility index (Phi) is 12.9. The number of ether oxygens (including phenoxy) is 1. The average Bonchev–Trinajstić information content (AvgIpc) is 3.02. The fourth-order valence-corrected chi connectivity index (χ4v) is 3.73. The Morgan fingerprint density at radius 1 is 1.32 bits per heavy atom. The molecule has 7 heteroatoms. The van der Waals surface area contributed by atoms with Gasteiger partial charge in [0.1, 0.15) is 0 Å². The summed E-state index contributed by atoms with van der Waals surface area (Å²) in [6.45, 7) is 11.5. The van der Waals surface area contributed by atoms with Crippen molar-refractivity contribution in [2.24, 2.45) is 11.3 Å². The van der Waals surface area contributed by atoms with Gasteiger partial charge in [0.25, 0.3) is 0 Å². The Bertz CT molecular complexity index is 403. The molecule has 0 saturated carbocycles. The maximum absolute atomic E-state index is 12.6. The van der Waals surface area contributed by atoms with Gasteiger partial charge in [-0.1, -0.05) is 13.8 Å². The van der Waals surface area contributed by atoms with Gasteiger partial charge in [-0.3, -0.25) is 4.79 Å². The number of esters is 1. The Hall–Kier alpha value is -0.218. The third-order valence-corrected chi connectivity index (χ3v) is 4.83. The fraction of sp³-hybridized carbons (Fsp3) is 0.889. The van der Waals surface area contributed by atoms with Crippen LogP contribution >= 0.6 is 0 Å². The predicted octanol–water partition coefficient (Wildman–Crippen LogP) is 3.04. The van der Waals surface area contributed by atoms with Gasteiger partial charge in [0.05, 0.1) is 7.11 Å². The number of nitrogens with zero attached hydrogens (tertiary/aromatic N) is 1. The molecule has 25 heavy (non-hydrogen) atoms. The Morgan fingerprint density at radius 2 is 1.96 bits per heavy atom. The molecule has 1 aliphatic heterocycles. The molecule has 0 N–H and O–H groups in total. The number of methoxy groups -OCH3 is 1. The molecule has 0 spiro atoms. The second kappa shape index (κ2) is 13.0. The number of carbonyl (C=O) groups is 2. The molecule has 1 amide bonds. The zero-order valence-electron chi connectivity index (χ0n) is 16.7. The number of likely N-dealkylation sites (tertiary alicyclic amines) is 1. The maximum atomic E-state index is 12.6. The molecule has 1 rings (SSSR count). The van der Waals surface area contributed by atoms with Crippen LogP contribution in [-0.4, -0.2) is 69.3 Å². The summed E-state index contributed by atoms with van der Waals surface area (Å²) in [5.41, 5.74) is -0.145. The predicted molar refractivity (Wildman–Crippen MR) is 97.7 cm³/mol. The van der Waals surface area contributed by atoms with Crippen LogP contribution in [0.2, 0.25) is 0 Å². The molecule has 6 nitrogen and oxygen atoms in total. The van der Waals surface area contributed by atoms with Crippen LogP contribution in [0.25, 0.3) is 0 Å². The third kappa shape index (κ3) is 9.89. The number of amides is 1. The molecule has 1 saturated heterocycles. The minimum atomic E-state index is -0.194. The summed E-state index contributed by atoms with van der Waals surface area (Å²) in [7, 11) is 1.41. The molecule has 0 aromatic rings. The van der Waals surface area contributed by atoms with E-state index >= 15 is 0 Å². The Morgan fingerprint density at radius 3 is 2.52 bits per heavy atom. The van der Waals surface area contributed by atoms with Gasteiger partial charge in [0, 0.05) is 0 Å². The fourth-order valence-electron chi connectivity index (χ4n) is 3.42. The minimum absolute atomic E-state index is 0.129. The van der Waals surface area contributed by atoms with Crippen LogP contribution in [0.3, 0.4) is 0 Å².